The molecule has 2 unspecified atom stereocenters. The number of hydrazine groups is 1. The van der Waals surface area contributed by atoms with E-state index in [1.807, 2.05) is 65.0 Å². The first-order chi connectivity index (χ1) is 23.4. The molecule has 13 nitrogen and oxygen atoms in total. The van der Waals surface area contributed by atoms with Crippen molar-refractivity contribution in [1.29, 1.82) is 0 Å². The number of hydrogen-bond donors (Lipinski definition) is 4. The lowest BCUT2D eigenvalue weighted by Gasteiger charge is -2.36. The average Bonchev–Trinajstić information content (AvgIpc) is 3.08. The zero-order chi connectivity index (χ0) is 36.3. The summed E-state index contributed by atoms with van der Waals surface area (Å²) in [6.45, 7) is 9.80. The highest BCUT2D eigenvalue weighted by atomic mass is 16.5. The zero-order valence-corrected chi connectivity index (χ0v) is 30.4. The molecular formula is C36H59N5O8. The second-order valence-corrected chi connectivity index (χ2v) is 13.5. The number of ether oxygens (including phenoxy) is 3. The van der Waals surface area contributed by atoms with Gasteiger partial charge < -0.3 is 30.2 Å². The zero-order valence-electron chi connectivity index (χ0n) is 30.4. The minimum absolute atomic E-state index is 0.0672. The standard InChI is InChI=1S/C36H59N5O8/c1-8-9-20-30(42)49-29(28(21-26-16-12-10-13-17-26)37-33(43)31(24(2)3)38-35(45)47-6)23-41(22-27-18-14-11-15-19-27)40-34(44)32(25(4)5)39-36(46)48-7/h10,12-13,16-17,24-25,27-29,31-32H,8-9,11,14-15,18-23H2,1-7H3,(H,37,43)(H,38,45)(H,39,46)(H,40,44)/t28?,29?,31-,32-/m0/s1. The molecule has 0 saturated heterocycles. The molecule has 49 heavy (non-hydrogen) atoms. The van der Waals surface area contributed by atoms with Gasteiger partial charge in [-0.25, -0.2) is 14.6 Å². The van der Waals surface area contributed by atoms with Crippen LogP contribution in [-0.4, -0.2) is 86.5 Å². The van der Waals surface area contributed by atoms with E-state index >= 15 is 0 Å². The van der Waals surface area contributed by atoms with Gasteiger partial charge in [-0.05, 0) is 49.0 Å². The Kier molecular flexibility index (Phi) is 18.5. The van der Waals surface area contributed by atoms with E-state index < -0.39 is 54.2 Å². The Labute approximate surface area is 291 Å². The smallest absolute Gasteiger partial charge is 0.407 e. The summed E-state index contributed by atoms with van der Waals surface area (Å²) in [6.07, 6.45) is 4.88. The molecule has 13 heteroatoms. The second-order valence-electron chi connectivity index (χ2n) is 13.5. The van der Waals surface area contributed by atoms with Crippen LogP contribution in [0, 0.1) is 17.8 Å². The van der Waals surface area contributed by atoms with E-state index in [1.165, 1.54) is 14.2 Å². The van der Waals surface area contributed by atoms with Crippen LogP contribution in [0.5, 0.6) is 0 Å². The lowest BCUT2D eigenvalue weighted by molar-refractivity contribution is -0.154. The van der Waals surface area contributed by atoms with E-state index in [4.69, 9.17) is 14.2 Å². The van der Waals surface area contributed by atoms with Crippen molar-refractivity contribution in [2.24, 2.45) is 17.8 Å². The van der Waals surface area contributed by atoms with Gasteiger partial charge in [-0.1, -0.05) is 90.6 Å². The Morgan fingerprint density at radius 1 is 0.816 bits per heavy atom. The summed E-state index contributed by atoms with van der Waals surface area (Å²) in [5.74, 6) is -1.55. The summed E-state index contributed by atoms with van der Waals surface area (Å²) >= 11 is 0. The maximum Gasteiger partial charge on any atom is 0.407 e. The van der Waals surface area contributed by atoms with Crippen molar-refractivity contribution < 1.29 is 38.2 Å². The van der Waals surface area contributed by atoms with Crippen molar-refractivity contribution >= 4 is 30.0 Å². The predicted molar refractivity (Wildman–Crippen MR) is 186 cm³/mol. The quantitative estimate of drug-likeness (QED) is 0.0931. The highest BCUT2D eigenvalue weighted by Crippen LogP contribution is 2.25. The van der Waals surface area contributed by atoms with Gasteiger partial charge in [0.25, 0.3) is 5.91 Å². The lowest BCUT2D eigenvalue weighted by atomic mass is 9.89. The number of hydrogen-bond acceptors (Lipinski definition) is 9. The predicted octanol–water partition coefficient (Wildman–Crippen LogP) is 4.49. The van der Waals surface area contributed by atoms with Crippen molar-refractivity contribution in [2.45, 2.75) is 117 Å². The topological polar surface area (TPSA) is 164 Å². The molecule has 1 aliphatic carbocycles. The van der Waals surface area contributed by atoms with Gasteiger partial charge in [0.1, 0.15) is 18.2 Å². The van der Waals surface area contributed by atoms with Crippen LogP contribution in [0.3, 0.4) is 0 Å². The molecule has 2 rings (SSSR count). The largest absolute Gasteiger partial charge is 0.459 e. The van der Waals surface area contributed by atoms with E-state index in [9.17, 15) is 24.0 Å². The Morgan fingerprint density at radius 2 is 1.39 bits per heavy atom. The number of nitrogens with one attached hydrogen (secondary N) is 4. The fourth-order valence-corrected chi connectivity index (χ4v) is 5.94. The summed E-state index contributed by atoms with van der Waals surface area (Å²) in [4.78, 5) is 65.0. The van der Waals surface area contributed by atoms with Crippen LogP contribution < -0.4 is 21.4 Å². The summed E-state index contributed by atoms with van der Waals surface area (Å²) in [7, 11) is 2.47. The highest BCUT2D eigenvalue weighted by molar-refractivity contribution is 5.86. The minimum atomic E-state index is -0.920. The molecule has 1 saturated carbocycles. The van der Waals surface area contributed by atoms with E-state index in [-0.39, 0.29) is 30.7 Å². The number of amides is 4. The molecule has 276 valence electrons. The van der Waals surface area contributed by atoms with Gasteiger partial charge in [0, 0.05) is 13.0 Å². The van der Waals surface area contributed by atoms with Crippen LogP contribution in [0.4, 0.5) is 9.59 Å². The van der Waals surface area contributed by atoms with Crippen molar-refractivity contribution in [3.8, 4) is 0 Å². The maximum absolute atomic E-state index is 13.8. The number of methoxy groups -OCH3 is 2. The van der Waals surface area contributed by atoms with Gasteiger partial charge in [-0.15, -0.1) is 0 Å². The molecule has 1 aliphatic rings. The maximum atomic E-state index is 13.8. The molecular weight excluding hydrogens is 630 g/mol. The van der Waals surface area contributed by atoms with Crippen molar-refractivity contribution in [3.63, 3.8) is 0 Å². The van der Waals surface area contributed by atoms with Crippen LogP contribution in [0.2, 0.25) is 0 Å². The van der Waals surface area contributed by atoms with E-state index in [2.05, 4.69) is 21.4 Å². The van der Waals surface area contributed by atoms with Gasteiger partial charge in [0.15, 0.2) is 0 Å². The molecule has 0 heterocycles. The van der Waals surface area contributed by atoms with Gasteiger partial charge >= 0.3 is 18.2 Å². The highest BCUT2D eigenvalue weighted by Gasteiger charge is 2.35. The Balaban J connectivity index is 2.54. The Bertz CT molecular complexity index is 1180. The van der Waals surface area contributed by atoms with E-state index in [0.29, 0.717) is 19.4 Å². The van der Waals surface area contributed by atoms with Crippen LogP contribution >= 0.6 is 0 Å². The van der Waals surface area contributed by atoms with Crippen molar-refractivity contribution in [3.05, 3.63) is 35.9 Å². The SMILES string of the molecule is CCCCC(=O)OC(CN(CC1CCCCC1)NC(=O)[C@@H](NC(=O)OC)C(C)C)C(Cc1ccccc1)NC(=O)[C@@H](NC(=O)OC)C(C)C. The molecule has 0 radical (unpaired) electrons. The number of benzene rings is 1. The van der Waals surface area contributed by atoms with Gasteiger partial charge in [0.2, 0.25) is 5.91 Å². The first-order valence-corrected chi connectivity index (χ1v) is 17.7. The summed E-state index contributed by atoms with van der Waals surface area (Å²) in [6, 6.07) is 6.98. The number of rotatable bonds is 19. The third kappa shape index (κ3) is 15.1. The lowest BCUT2D eigenvalue weighted by Crippen LogP contribution is -2.60. The van der Waals surface area contributed by atoms with Crippen LogP contribution in [0.1, 0.15) is 91.5 Å². The third-order valence-corrected chi connectivity index (χ3v) is 8.78. The van der Waals surface area contributed by atoms with Crippen LogP contribution in [0.25, 0.3) is 0 Å². The number of carbonyl (C=O) groups is 5. The first kappa shape index (κ1) is 41.3. The van der Waals surface area contributed by atoms with Crippen molar-refractivity contribution in [2.75, 3.05) is 27.3 Å². The third-order valence-electron chi connectivity index (χ3n) is 8.78. The molecule has 4 N–H and O–H groups in total. The number of carbonyl (C=O) groups excluding carboxylic acids is 5. The first-order valence-electron chi connectivity index (χ1n) is 17.7. The van der Waals surface area contributed by atoms with Gasteiger partial charge in [0.05, 0.1) is 26.8 Å². The van der Waals surface area contributed by atoms with Crippen molar-refractivity contribution in [1.82, 2.24) is 26.4 Å². The average molecular weight is 690 g/mol. The van der Waals surface area contributed by atoms with Crippen LogP contribution in [-0.2, 0) is 35.0 Å². The molecule has 0 aliphatic heterocycles. The number of esters is 1. The minimum Gasteiger partial charge on any atom is -0.459 e. The van der Waals surface area contributed by atoms with Gasteiger partial charge in [-0.3, -0.25) is 19.8 Å². The van der Waals surface area contributed by atoms with E-state index in [1.54, 1.807) is 5.01 Å². The number of alkyl carbamates (subject to hydrolysis) is 2. The summed E-state index contributed by atoms with van der Waals surface area (Å²) in [5.41, 5.74) is 3.91. The normalized spacial score (nSPS) is 15.9. The Morgan fingerprint density at radius 3 is 1.92 bits per heavy atom. The fraction of sp³-hybridized carbons (Fsp3) is 0.694. The number of unbranched alkanes of at least 4 members (excludes halogenated alkanes) is 1. The number of nitrogens with zero attached hydrogens (tertiary/aromatic N) is 1. The van der Waals surface area contributed by atoms with E-state index in [0.717, 1.165) is 44.1 Å². The molecule has 1 aromatic carbocycles. The molecule has 1 aromatic rings. The molecule has 0 spiro atoms. The fourth-order valence-electron chi connectivity index (χ4n) is 5.94. The Hall–Kier alpha value is -3.87. The molecule has 4 amide bonds. The molecule has 0 bridgehead atoms. The summed E-state index contributed by atoms with van der Waals surface area (Å²) < 4.78 is 15.7. The molecule has 4 atom stereocenters. The molecule has 1 fully saturated rings. The summed E-state index contributed by atoms with van der Waals surface area (Å²) in [5, 5.41) is 10.1. The van der Waals surface area contributed by atoms with Gasteiger partial charge in [-0.2, -0.15) is 0 Å². The second kappa shape index (κ2) is 22.0. The van der Waals surface area contributed by atoms with Crippen LogP contribution in [0.15, 0.2) is 30.3 Å². The monoisotopic (exact) mass is 689 g/mol. The molecule has 0 aromatic heterocycles.